The average molecular weight is 383 g/mol. The first-order valence-corrected chi connectivity index (χ1v) is 11.0. The van der Waals surface area contributed by atoms with Crippen molar-refractivity contribution in [2.24, 2.45) is 11.8 Å². The number of hydrogen-bond donors (Lipinski definition) is 0. The van der Waals surface area contributed by atoms with Crippen LogP contribution in [0.4, 0.5) is 5.69 Å². The molecule has 1 aromatic carbocycles. The van der Waals surface area contributed by atoms with E-state index in [0.717, 1.165) is 37.8 Å². The minimum atomic E-state index is -0.149. The van der Waals surface area contributed by atoms with Gasteiger partial charge in [-0.3, -0.25) is 14.5 Å². The molecule has 1 aromatic rings. The predicted molar refractivity (Wildman–Crippen MR) is 121 cm³/mol. The second-order valence-corrected chi connectivity index (χ2v) is 10.4. The van der Waals surface area contributed by atoms with Gasteiger partial charge in [-0.1, -0.05) is 71.8 Å². The number of rotatable bonds is 9. The molecule has 3 nitrogen and oxygen atoms in total. The molecule has 2 amide bonds. The van der Waals surface area contributed by atoms with Gasteiger partial charge in [0.05, 0.1) is 11.6 Å². The van der Waals surface area contributed by atoms with Crippen LogP contribution in [0.15, 0.2) is 24.3 Å². The Labute approximate surface area is 172 Å². The van der Waals surface area contributed by atoms with E-state index < -0.39 is 0 Å². The number of carbonyl (C=O) groups is 2. The van der Waals surface area contributed by atoms with Crippen molar-refractivity contribution in [3.8, 4) is 0 Å². The Hall–Kier alpha value is -1.58. The van der Waals surface area contributed by atoms with Crippen LogP contribution in [0, 0.1) is 11.8 Å². The van der Waals surface area contributed by atoms with Gasteiger partial charge in [-0.25, -0.2) is 0 Å². The van der Waals surface area contributed by atoms with Crippen molar-refractivity contribution >= 4 is 25.3 Å². The second kappa shape index (κ2) is 8.84. The lowest BCUT2D eigenvalue weighted by atomic mass is 9.62. The number of carbonyl (C=O) groups excluding carboxylic acids is 2. The lowest BCUT2D eigenvalue weighted by Crippen LogP contribution is -2.32. The van der Waals surface area contributed by atoms with Gasteiger partial charge in [0.25, 0.3) is 0 Å². The lowest BCUT2D eigenvalue weighted by Gasteiger charge is -2.33. The standard InChI is InChI=1S/C24H38BNO2/c1-7-9-17(10-8-2)20-15-21(27)26(22(20)28)19-13-11-18(12-14-19)23(3,4)16-24(5,6)25/h11-14,17,20H,7-10,15-16,25H2,1-6H3. The Morgan fingerprint density at radius 3 is 2.04 bits per heavy atom. The lowest BCUT2D eigenvalue weighted by molar-refractivity contribution is -0.123. The van der Waals surface area contributed by atoms with E-state index in [9.17, 15) is 9.59 Å². The van der Waals surface area contributed by atoms with Crippen molar-refractivity contribution in [3.05, 3.63) is 29.8 Å². The molecule has 0 N–H and O–H groups in total. The van der Waals surface area contributed by atoms with Crippen molar-refractivity contribution < 1.29 is 9.59 Å². The minimum Gasteiger partial charge on any atom is -0.274 e. The quantitative estimate of drug-likeness (QED) is 0.430. The molecule has 154 valence electrons. The third-order valence-electron chi connectivity index (χ3n) is 5.95. The van der Waals surface area contributed by atoms with Crippen molar-refractivity contribution in [1.29, 1.82) is 0 Å². The zero-order valence-corrected chi connectivity index (χ0v) is 19.0. The largest absolute Gasteiger partial charge is 0.274 e. The molecule has 0 spiro atoms. The second-order valence-electron chi connectivity index (χ2n) is 10.4. The molecular formula is C24H38BNO2. The summed E-state index contributed by atoms with van der Waals surface area (Å²) in [4.78, 5) is 27.2. The molecule has 1 unspecified atom stereocenters. The van der Waals surface area contributed by atoms with Crippen molar-refractivity contribution in [2.75, 3.05) is 4.90 Å². The molecule has 1 saturated heterocycles. The molecule has 2 rings (SSSR count). The summed E-state index contributed by atoms with van der Waals surface area (Å²) in [7, 11) is 2.26. The summed E-state index contributed by atoms with van der Waals surface area (Å²) in [5.41, 5.74) is 2.02. The highest BCUT2D eigenvalue weighted by molar-refractivity contribution is 6.21. The number of amides is 2. The smallest absolute Gasteiger partial charge is 0.237 e. The normalized spacial score (nSPS) is 18.4. The number of anilines is 1. The molecular weight excluding hydrogens is 345 g/mol. The molecule has 0 saturated carbocycles. The fourth-order valence-electron chi connectivity index (χ4n) is 5.07. The Morgan fingerprint density at radius 1 is 1.04 bits per heavy atom. The third kappa shape index (κ3) is 5.27. The van der Waals surface area contributed by atoms with Crippen LogP contribution < -0.4 is 4.90 Å². The maximum Gasteiger partial charge on any atom is 0.237 e. The van der Waals surface area contributed by atoms with E-state index in [1.807, 2.05) is 12.1 Å². The Balaban J connectivity index is 2.21. The van der Waals surface area contributed by atoms with Crippen LogP contribution in [0.5, 0.6) is 0 Å². The Bertz CT molecular complexity index is 682. The molecule has 1 fully saturated rings. The number of imide groups is 1. The van der Waals surface area contributed by atoms with Crippen molar-refractivity contribution in [3.63, 3.8) is 0 Å². The summed E-state index contributed by atoms with van der Waals surface area (Å²) in [5, 5.41) is 0.240. The molecule has 0 bridgehead atoms. The highest BCUT2D eigenvalue weighted by atomic mass is 16.2. The molecule has 0 aliphatic carbocycles. The van der Waals surface area contributed by atoms with Crippen LogP contribution in [-0.4, -0.2) is 19.7 Å². The Kier molecular flexibility index (Phi) is 7.17. The van der Waals surface area contributed by atoms with Gasteiger partial charge in [0.1, 0.15) is 7.85 Å². The topological polar surface area (TPSA) is 37.4 Å². The molecule has 1 heterocycles. The van der Waals surface area contributed by atoms with E-state index in [1.54, 1.807) is 0 Å². The highest BCUT2D eigenvalue weighted by Crippen LogP contribution is 2.40. The number of nitrogens with zero attached hydrogens (tertiary/aromatic N) is 1. The number of benzene rings is 1. The van der Waals surface area contributed by atoms with Crippen LogP contribution in [0.25, 0.3) is 0 Å². The van der Waals surface area contributed by atoms with E-state index in [-0.39, 0.29) is 28.5 Å². The van der Waals surface area contributed by atoms with Gasteiger partial charge in [0.15, 0.2) is 0 Å². The first-order chi connectivity index (χ1) is 13.0. The molecule has 0 aromatic heterocycles. The summed E-state index contributed by atoms with van der Waals surface area (Å²) in [5.74, 6) is 0.123. The van der Waals surface area contributed by atoms with Crippen LogP contribution in [0.2, 0.25) is 5.31 Å². The molecule has 1 aliphatic heterocycles. The van der Waals surface area contributed by atoms with Crippen molar-refractivity contribution in [2.45, 2.75) is 90.8 Å². The maximum absolute atomic E-state index is 13.1. The molecule has 28 heavy (non-hydrogen) atoms. The van der Waals surface area contributed by atoms with Crippen LogP contribution in [-0.2, 0) is 15.0 Å². The fraction of sp³-hybridized carbons (Fsp3) is 0.667. The monoisotopic (exact) mass is 383 g/mol. The van der Waals surface area contributed by atoms with Crippen molar-refractivity contribution in [1.82, 2.24) is 0 Å². The van der Waals surface area contributed by atoms with E-state index in [4.69, 9.17) is 0 Å². The van der Waals surface area contributed by atoms with Crippen LogP contribution in [0.1, 0.15) is 85.6 Å². The van der Waals surface area contributed by atoms with Crippen LogP contribution >= 0.6 is 0 Å². The van der Waals surface area contributed by atoms with E-state index in [1.165, 1.54) is 10.5 Å². The summed E-state index contributed by atoms with van der Waals surface area (Å²) in [6.45, 7) is 13.3. The van der Waals surface area contributed by atoms with E-state index >= 15 is 0 Å². The van der Waals surface area contributed by atoms with E-state index in [0.29, 0.717) is 12.3 Å². The number of hydrogen-bond acceptors (Lipinski definition) is 2. The fourth-order valence-corrected chi connectivity index (χ4v) is 5.07. The summed E-state index contributed by atoms with van der Waals surface area (Å²) in [6.07, 6.45) is 5.58. The van der Waals surface area contributed by atoms with Crippen LogP contribution in [0.3, 0.4) is 0 Å². The van der Waals surface area contributed by atoms with Gasteiger partial charge in [-0.2, -0.15) is 0 Å². The van der Waals surface area contributed by atoms with E-state index in [2.05, 4.69) is 61.5 Å². The zero-order valence-electron chi connectivity index (χ0n) is 19.0. The molecule has 4 heteroatoms. The summed E-state index contributed by atoms with van der Waals surface area (Å²) < 4.78 is 0. The molecule has 1 aliphatic rings. The minimum absolute atomic E-state index is 0.00129. The van der Waals surface area contributed by atoms with Gasteiger partial charge >= 0.3 is 0 Å². The van der Waals surface area contributed by atoms with Gasteiger partial charge in [0, 0.05) is 6.42 Å². The summed E-state index contributed by atoms with van der Waals surface area (Å²) in [6, 6.07) is 8.08. The van der Waals surface area contributed by atoms with Gasteiger partial charge < -0.3 is 0 Å². The first kappa shape index (κ1) is 22.7. The average Bonchev–Trinajstić information content (AvgIpc) is 2.87. The molecule has 0 radical (unpaired) electrons. The maximum atomic E-state index is 13.1. The first-order valence-electron chi connectivity index (χ1n) is 11.0. The SMILES string of the molecule is BC(C)(C)CC(C)(C)c1ccc(N2C(=O)CC(C(CCC)CCC)C2=O)cc1. The highest BCUT2D eigenvalue weighted by Gasteiger charge is 2.43. The van der Waals surface area contributed by atoms with Gasteiger partial charge in [-0.15, -0.1) is 0 Å². The predicted octanol–water partition coefficient (Wildman–Crippen LogP) is 5.28. The molecule has 1 atom stereocenters. The third-order valence-corrected chi connectivity index (χ3v) is 5.95. The Morgan fingerprint density at radius 2 is 1.57 bits per heavy atom. The van der Waals surface area contributed by atoms with Gasteiger partial charge in [-0.05, 0) is 48.3 Å². The zero-order chi connectivity index (χ0) is 21.1. The van der Waals surface area contributed by atoms with Gasteiger partial charge in [0.2, 0.25) is 11.8 Å². The summed E-state index contributed by atoms with van der Waals surface area (Å²) >= 11 is 0.